The number of amides is 3. The highest BCUT2D eigenvalue weighted by Crippen LogP contribution is 2.36. The number of sulfone groups is 1. The van der Waals surface area contributed by atoms with E-state index in [9.17, 15) is 32.4 Å². The van der Waals surface area contributed by atoms with Crippen LogP contribution in [-0.2, 0) is 45.0 Å². The van der Waals surface area contributed by atoms with Gasteiger partial charge >= 0.3 is 5.97 Å². The molecule has 2 aromatic rings. The Labute approximate surface area is 295 Å². The highest BCUT2D eigenvalue weighted by atomic mass is 32.2. The van der Waals surface area contributed by atoms with Gasteiger partial charge in [-0.05, 0) is 55.7 Å². The number of hydrogen-bond acceptors (Lipinski definition) is 8. The molecule has 272 valence electrons. The molecular weight excluding hydrogens is 658 g/mol. The average molecular weight is 710 g/mol. The van der Waals surface area contributed by atoms with Crippen molar-refractivity contribution in [2.75, 3.05) is 5.75 Å². The lowest BCUT2D eigenvalue weighted by Gasteiger charge is -2.29. The third-order valence-electron chi connectivity index (χ3n) is 9.29. The molecule has 1 heterocycles. The standard InChI is InChI=1S/C38H51N3O8S/c1-24(2)19-31(36(44)40-30(20-26-13-7-5-8-14-26)35(43)38(46)49-25(3)4)41-37(45)32(21-27-15-9-6-10-16-27)39-34(42)22-28-23-50(47,48)33-18-12-11-17-29(28)33/h6,9-12,15-18,24-26,28,30-32H,5,7-8,13-14,19-23H2,1-4H3,(H,39,42)(H,40,44)(H,41,45)/t28?,30?,31-,32-/m0/s1. The summed E-state index contributed by atoms with van der Waals surface area (Å²) in [6.07, 6.45) is 4.93. The molecule has 0 radical (unpaired) electrons. The molecule has 2 unspecified atom stereocenters. The Morgan fingerprint density at radius 1 is 0.780 bits per heavy atom. The van der Waals surface area contributed by atoms with Gasteiger partial charge in [-0.25, -0.2) is 13.2 Å². The number of carbonyl (C=O) groups is 5. The second-order valence-corrected chi connectivity index (χ2v) is 16.3. The van der Waals surface area contributed by atoms with Crippen molar-refractivity contribution < 1.29 is 37.1 Å². The molecule has 1 aliphatic heterocycles. The zero-order valence-electron chi connectivity index (χ0n) is 29.5. The van der Waals surface area contributed by atoms with E-state index < -0.39 is 69.5 Å². The van der Waals surface area contributed by atoms with E-state index in [1.807, 2.05) is 44.2 Å². The van der Waals surface area contributed by atoms with Gasteiger partial charge in [0.2, 0.25) is 17.7 Å². The number of ketones is 1. The zero-order chi connectivity index (χ0) is 36.4. The van der Waals surface area contributed by atoms with Crippen molar-refractivity contribution in [2.45, 2.75) is 121 Å². The molecule has 3 amide bonds. The number of Topliss-reactive ketones (excluding diaryl/α,β-unsaturated/α-hetero) is 1. The van der Waals surface area contributed by atoms with Crippen LogP contribution in [0.4, 0.5) is 0 Å². The van der Waals surface area contributed by atoms with Crippen LogP contribution >= 0.6 is 0 Å². The molecule has 0 aromatic heterocycles. The maximum Gasteiger partial charge on any atom is 0.377 e. The molecule has 0 saturated heterocycles. The number of benzene rings is 2. The van der Waals surface area contributed by atoms with Crippen LogP contribution in [0.15, 0.2) is 59.5 Å². The van der Waals surface area contributed by atoms with Crippen LogP contribution in [0.5, 0.6) is 0 Å². The van der Waals surface area contributed by atoms with Gasteiger partial charge in [-0.3, -0.25) is 19.2 Å². The number of hydrogen-bond donors (Lipinski definition) is 3. The summed E-state index contributed by atoms with van der Waals surface area (Å²) >= 11 is 0. The van der Waals surface area contributed by atoms with Crippen molar-refractivity contribution in [2.24, 2.45) is 11.8 Å². The lowest BCUT2D eigenvalue weighted by molar-refractivity contribution is -0.158. The van der Waals surface area contributed by atoms with E-state index in [0.29, 0.717) is 12.0 Å². The van der Waals surface area contributed by atoms with Crippen LogP contribution < -0.4 is 16.0 Å². The molecule has 11 nitrogen and oxygen atoms in total. The molecule has 2 aromatic carbocycles. The first-order valence-corrected chi connectivity index (χ1v) is 19.4. The molecule has 4 atom stereocenters. The SMILES string of the molecule is CC(C)C[C@H](NC(=O)[C@H](Cc1ccccc1)NC(=O)CC1CS(=O)(=O)c2ccccc21)C(=O)NC(CC1CCCCC1)C(=O)C(=O)OC(C)C. The van der Waals surface area contributed by atoms with E-state index in [4.69, 9.17) is 4.74 Å². The van der Waals surface area contributed by atoms with E-state index in [2.05, 4.69) is 16.0 Å². The Morgan fingerprint density at radius 3 is 2.06 bits per heavy atom. The fourth-order valence-corrected chi connectivity index (χ4v) is 8.79. The molecule has 1 saturated carbocycles. The number of carbonyl (C=O) groups excluding carboxylic acids is 5. The van der Waals surface area contributed by atoms with Crippen molar-refractivity contribution in [3.63, 3.8) is 0 Å². The molecular formula is C38H51N3O8S. The summed E-state index contributed by atoms with van der Waals surface area (Å²) in [6, 6.07) is 12.5. The zero-order valence-corrected chi connectivity index (χ0v) is 30.3. The van der Waals surface area contributed by atoms with Crippen molar-refractivity contribution in [3.05, 3.63) is 65.7 Å². The second-order valence-electron chi connectivity index (χ2n) is 14.3. The Bertz CT molecular complexity index is 1620. The summed E-state index contributed by atoms with van der Waals surface area (Å²) < 4.78 is 30.6. The summed E-state index contributed by atoms with van der Waals surface area (Å²) in [5.74, 6) is -4.15. The minimum Gasteiger partial charge on any atom is -0.457 e. The third-order valence-corrected chi connectivity index (χ3v) is 11.2. The monoisotopic (exact) mass is 709 g/mol. The fourth-order valence-electron chi connectivity index (χ4n) is 6.90. The molecule has 2 aliphatic rings. The van der Waals surface area contributed by atoms with E-state index in [1.165, 1.54) is 6.07 Å². The van der Waals surface area contributed by atoms with Gasteiger partial charge in [-0.2, -0.15) is 0 Å². The largest absolute Gasteiger partial charge is 0.457 e. The highest BCUT2D eigenvalue weighted by Gasteiger charge is 2.37. The number of esters is 1. The van der Waals surface area contributed by atoms with Crippen molar-refractivity contribution >= 4 is 39.3 Å². The van der Waals surface area contributed by atoms with Gasteiger partial charge in [-0.15, -0.1) is 0 Å². The summed E-state index contributed by atoms with van der Waals surface area (Å²) in [5, 5.41) is 8.39. The van der Waals surface area contributed by atoms with Crippen LogP contribution in [0.1, 0.15) is 96.1 Å². The second kappa shape index (κ2) is 17.7. The van der Waals surface area contributed by atoms with Crippen LogP contribution in [0.2, 0.25) is 0 Å². The van der Waals surface area contributed by atoms with Crippen LogP contribution in [0.3, 0.4) is 0 Å². The Kier molecular flexibility index (Phi) is 13.7. The predicted molar refractivity (Wildman–Crippen MR) is 189 cm³/mol. The van der Waals surface area contributed by atoms with Gasteiger partial charge in [0.05, 0.1) is 22.8 Å². The molecule has 0 spiro atoms. The molecule has 1 aliphatic carbocycles. The van der Waals surface area contributed by atoms with Crippen molar-refractivity contribution in [1.82, 2.24) is 16.0 Å². The van der Waals surface area contributed by atoms with E-state index in [-0.39, 0.29) is 41.7 Å². The van der Waals surface area contributed by atoms with Crippen molar-refractivity contribution in [3.8, 4) is 0 Å². The van der Waals surface area contributed by atoms with Gasteiger partial charge in [0.25, 0.3) is 5.78 Å². The van der Waals surface area contributed by atoms with Crippen LogP contribution in [-0.4, -0.2) is 67.9 Å². The van der Waals surface area contributed by atoms with Gasteiger partial charge < -0.3 is 20.7 Å². The molecule has 3 N–H and O–H groups in total. The fraction of sp³-hybridized carbons (Fsp3) is 0.553. The maximum atomic E-state index is 13.9. The van der Waals surface area contributed by atoms with E-state index >= 15 is 0 Å². The first-order valence-electron chi connectivity index (χ1n) is 17.7. The van der Waals surface area contributed by atoms with Gasteiger partial charge in [0, 0.05) is 18.8 Å². The molecule has 0 bridgehead atoms. The minimum absolute atomic E-state index is 0.0315. The quantitative estimate of drug-likeness (QED) is 0.173. The normalized spacial score (nSPS) is 18.8. The van der Waals surface area contributed by atoms with E-state index in [0.717, 1.165) is 37.7 Å². The lowest BCUT2D eigenvalue weighted by atomic mass is 9.84. The minimum atomic E-state index is -3.52. The number of nitrogens with one attached hydrogen (secondary N) is 3. The molecule has 4 rings (SSSR count). The molecule has 50 heavy (non-hydrogen) atoms. The van der Waals surface area contributed by atoms with E-state index in [1.54, 1.807) is 32.0 Å². The number of fused-ring (bicyclic) bond motifs is 1. The summed E-state index contributed by atoms with van der Waals surface area (Å²) in [5.41, 5.74) is 1.35. The topological polar surface area (TPSA) is 165 Å². The average Bonchev–Trinajstić information content (AvgIpc) is 3.32. The third kappa shape index (κ3) is 11.0. The van der Waals surface area contributed by atoms with Crippen molar-refractivity contribution in [1.29, 1.82) is 0 Å². The Balaban J connectivity index is 1.52. The highest BCUT2D eigenvalue weighted by molar-refractivity contribution is 7.91. The summed E-state index contributed by atoms with van der Waals surface area (Å²) in [4.78, 5) is 67.4. The summed E-state index contributed by atoms with van der Waals surface area (Å²) in [6.45, 7) is 7.09. The number of ether oxygens (including phenoxy) is 1. The molecule has 1 fully saturated rings. The number of rotatable bonds is 16. The first kappa shape index (κ1) is 38.7. The Morgan fingerprint density at radius 2 is 1.40 bits per heavy atom. The van der Waals surface area contributed by atoms with Crippen LogP contribution in [0.25, 0.3) is 0 Å². The summed E-state index contributed by atoms with van der Waals surface area (Å²) in [7, 11) is -3.52. The molecule has 12 heteroatoms. The van der Waals surface area contributed by atoms with Gasteiger partial charge in [0.15, 0.2) is 9.84 Å². The predicted octanol–water partition coefficient (Wildman–Crippen LogP) is 4.18. The lowest BCUT2D eigenvalue weighted by Crippen LogP contribution is -2.57. The Hall–Kier alpha value is -4.06. The first-order chi connectivity index (χ1) is 23.7. The van der Waals surface area contributed by atoms with Gasteiger partial charge in [0.1, 0.15) is 12.1 Å². The smallest absolute Gasteiger partial charge is 0.377 e. The van der Waals surface area contributed by atoms with Gasteiger partial charge in [-0.1, -0.05) is 94.5 Å². The van der Waals surface area contributed by atoms with Crippen LogP contribution in [0, 0.1) is 11.8 Å². The maximum absolute atomic E-state index is 13.9.